The molecule has 1 N–H and O–H groups in total. The molecule has 7 heteroatoms. The van der Waals surface area contributed by atoms with Crippen molar-refractivity contribution in [3.63, 3.8) is 0 Å². The molecule has 20 heavy (non-hydrogen) atoms. The van der Waals surface area contributed by atoms with E-state index in [1.54, 1.807) is 6.07 Å². The topological polar surface area (TPSA) is 68.7 Å². The SMILES string of the molecule is O=C(O)CCc1csc(-c2cc(Cl)c3c(c2)OCO3)n1. The van der Waals surface area contributed by atoms with E-state index in [-0.39, 0.29) is 13.2 Å². The number of carboxylic acids is 1. The summed E-state index contributed by atoms with van der Waals surface area (Å²) in [6.45, 7) is 0.167. The highest BCUT2D eigenvalue weighted by Crippen LogP contribution is 2.42. The van der Waals surface area contributed by atoms with Crippen LogP contribution < -0.4 is 9.47 Å². The highest BCUT2D eigenvalue weighted by molar-refractivity contribution is 7.13. The monoisotopic (exact) mass is 311 g/mol. The predicted octanol–water partition coefficient (Wildman–Crippen LogP) is 3.21. The zero-order chi connectivity index (χ0) is 14.1. The lowest BCUT2D eigenvalue weighted by molar-refractivity contribution is -0.136. The fourth-order valence-corrected chi connectivity index (χ4v) is 2.99. The maximum Gasteiger partial charge on any atom is 0.303 e. The molecule has 0 amide bonds. The number of aryl methyl sites for hydroxylation is 1. The van der Waals surface area contributed by atoms with Crippen molar-refractivity contribution in [3.8, 4) is 22.1 Å². The zero-order valence-corrected chi connectivity index (χ0v) is 11.8. The average Bonchev–Trinajstić information content (AvgIpc) is 3.05. The van der Waals surface area contributed by atoms with Crippen LogP contribution in [-0.4, -0.2) is 22.9 Å². The van der Waals surface area contributed by atoms with Gasteiger partial charge in [-0.25, -0.2) is 4.98 Å². The second-order valence-electron chi connectivity index (χ2n) is 4.23. The third-order valence-electron chi connectivity index (χ3n) is 2.82. The minimum Gasteiger partial charge on any atom is -0.481 e. The van der Waals surface area contributed by atoms with Crippen LogP contribution in [0.3, 0.4) is 0 Å². The summed E-state index contributed by atoms with van der Waals surface area (Å²) >= 11 is 7.58. The van der Waals surface area contributed by atoms with Gasteiger partial charge < -0.3 is 14.6 Å². The van der Waals surface area contributed by atoms with Crippen molar-refractivity contribution in [1.82, 2.24) is 4.98 Å². The lowest BCUT2D eigenvalue weighted by atomic mass is 10.2. The summed E-state index contributed by atoms with van der Waals surface area (Å²) in [7, 11) is 0. The molecule has 0 radical (unpaired) electrons. The van der Waals surface area contributed by atoms with Gasteiger partial charge in [0.05, 0.1) is 17.1 Å². The molecule has 104 valence electrons. The number of thiazole rings is 1. The Morgan fingerprint density at radius 1 is 1.45 bits per heavy atom. The molecular formula is C13H10ClNO4S. The van der Waals surface area contributed by atoms with E-state index >= 15 is 0 Å². The van der Waals surface area contributed by atoms with Crippen LogP contribution in [0.25, 0.3) is 10.6 Å². The molecule has 0 bridgehead atoms. The Hall–Kier alpha value is -1.79. The van der Waals surface area contributed by atoms with Gasteiger partial charge in [0.1, 0.15) is 5.01 Å². The fourth-order valence-electron chi connectivity index (χ4n) is 1.88. The van der Waals surface area contributed by atoms with Crippen LogP contribution in [0.2, 0.25) is 5.02 Å². The number of ether oxygens (including phenoxy) is 2. The Kier molecular flexibility index (Phi) is 3.50. The largest absolute Gasteiger partial charge is 0.481 e. The van der Waals surface area contributed by atoms with E-state index in [1.807, 2.05) is 11.4 Å². The van der Waals surface area contributed by atoms with Gasteiger partial charge in [0.25, 0.3) is 0 Å². The first kappa shape index (κ1) is 13.2. The maximum absolute atomic E-state index is 10.5. The highest BCUT2D eigenvalue weighted by atomic mass is 35.5. The summed E-state index contributed by atoms with van der Waals surface area (Å²) in [6, 6.07) is 3.60. The number of carboxylic acid groups (broad SMARTS) is 1. The Morgan fingerprint density at radius 3 is 3.10 bits per heavy atom. The summed E-state index contributed by atoms with van der Waals surface area (Å²) in [5, 5.41) is 11.8. The van der Waals surface area contributed by atoms with E-state index in [0.29, 0.717) is 22.9 Å². The normalized spacial score (nSPS) is 12.7. The number of hydrogen-bond donors (Lipinski definition) is 1. The zero-order valence-electron chi connectivity index (χ0n) is 10.3. The average molecular weight is 312 g/mol. The lowest BCUT2D eigenvalue weighted by Crippen LogP contribution is -1.97. The van der Waals surface area contributed by atoms with Gasteiger partial charge >= 0.3 is 5.97 Å². The fraction of sp³-hybridized carbons (Fsp3) is 0.231. The van der Waals surface area contributed by atoms with Crippen molar-refractivity contribution in [1.29, 1.82) is 0 Å². The van der Waals surface area contributed by atoms with Crippen molar-refractivity contribution >= 4 is 28.9 Å². The number of aliphatic carboxylic acids is 1. The van der Waals surface area contributed by atoms with Crippen molar-refractivity contribution in [3.05, 3.63) is 28.2 Å². The number of halogens is 1. The highest BCUT2D eigenvalue weighted by Gasteiger charge is 2.19. The Bertz CT molecular complexity index is 670. The molecule has 0 atom stereocenters. The molecule has 0 unspecified atom stereocenters. The number of benzene rings is 1. The first-order valence-electron chi connectivity index (χ1n) is 5.89. The first-order chi connectivity index (χ1) is 9.63. The number of fused-ring (bicyclic) bond motifs is 1. The van der Waals surface area contributed by atoms with Gasteiger partial charge in [0.15, 0.2) is 11.5 Å². The van der Waals surface area contributed by atoms with Gasteiger partial charge in [0, 0.05) is 17.4 Å². The molecular weight excluding hydrogens is 302 g/mol. The molecule has 0 saturated carbocycles. The molecule has 1 aliphatic rings. The van der Waals surface area contributed by atoms with Gasteiger partial charge in [-0.2, -0.15) is 0 Å². The van der Waals surface area contributed by atoms with Crippen LogP contribution in [0.4, 0.5) is 0 Å². The lowest BCUT2D eigenvalue weighted by Gasteiger charge is -2.02. The molecule has 1 aliphatic heterocycles. The molecule has 0 aliphatic carbocycles. The van der Waals surface area contributed by atoms with E-state index < -0.39 is 5.97 Å². The molecule has 5 nitrogen and oxygen atoms in total. The number of carbonyl (C=O) groups is 1. The molecule has 0 fully saturated rings. The van der Waals surface area contributed by atoms with E-state index in [4.69, 9.17) is 26.2 Å². The van der Waals surface area contributed by atoms with Crippen LogP contribution in [0.15, 0.2) is 17.5 Å². The summed E-state index contributed by atoms with van der Waals surface area (Å²) in [5.41, 5.74) is 1.60. The summed E-state index contributed by atoms with van der Waals surface area (Å²) in [4.78, 5) is 15.0. The number of aromatic nitrogens is 1. The summed E-state index contributed by atoms with van der Waals surface area (Å²) < 4.78 is 10.6. The van der Waals surface area contributed by atoms with Crippen LogP contribution in [0.5, 0.6) is 11.5 Å². The van der Waals surface area contributed by atoms with E-state index in [0.717, 1.165) is 16.3 Å². The Labute approximate surface area is 123 Å². The predicted molar refractivity (Wildman–Crippen MR) is 74.6 cm³/mol. The molecule has 0 saturated heterocycles. The summed E-state index contributed by atoms with van der Waals surface area (Å²) in [6.07, 6.45) is 0.495. The van der Waals surface area contributed by atoms with Crippen LogP contribution in [-0.2, 0) is 11.2 Å². The Morgan fingerprint density at radius 2 is 2.30 bits per heavy atom. The molecule has 2 heterocycles. The standard InChI is InChI=1S/C13H10ClNO4S/c14-9-3-7(4-10-12(9)19-6-18-10)13-15-8(5-20-13)1-2-11(16)17/h3-5H,1-2,6H2,(H,16,17). The van der Waals surface area contributed by atoms with Gasteiger partial charge in [-0.3, -0.25) is 4.79 Å². The van der Waals surface area contributed by atoms with Crippen molar-refractivity contribution in [2.45, 2.75) is 12.8 Å². The smallest absolute Gasteiger partial charge is 0.303 e. The third-order valence-corrected chi connectivity index (χ3v) is 4.04. The molecule has 2 aromatic rings. The maximum atomic E-state index is 10.5. The Balaban J connectivity index is 1.86. The summed E-state index contributed by atoms with van der Waals surface area (Å²) in [5.74, 6) is 0.332. The van der Waals surface area contributed by atoms with Gasteiger partial charge in [-0.15, -0.1) is 11.3 Å². The number of nitrogens with zero attached hydrogens (tertiary/aromatic N) is 1. The quantitative estimate of drug-likeness (QED) is 0.939. The van der Waals surface area contributed by atoms with E-state index in [1.165, 1.54) is 11.3 Å². The van der Waals surface area contributed by atoms with Crippen LogP contribution in [0.1, 0.15) is 12.1 Å². The molecule has 3 rings (SSSR count). The van der Waals surface area contributed by atoms with Crippen molar-refractivity contribution in [2.75, 3.05) is 6.79 Å². The van der Waals surface area contributed by atoms with Crippen molar-refractivity contribution < 1.29 is 19.4 Å². The van der Waals surface area contributed by atoms with Crippen LogP contribution in [0, 0.1) is 0 Å². The minimum absolute atomic E-state index is 0.0745. The van der Waals surface area contributed by atoms with E-state index in [9.17, 15) is 4.79 Å². The van der Waals surface area contributed by atoms with Crippen molar-refractivity contribution in [2.24, 2.45) is 0 Å². The van der Waals surface area contributed by atoms with Gasteiger partial charge in [-0.1, -0.05) is 11.6 Å². The molecule has 0 spiro atoms. The van der Waals surface area contributed by atoms with Gasteiger partial charge in [0.2, 0.25) is 6.79 Å². The number of rotatable bonds is 4. The third kappa shape index (κ3) is 2.57. The van der Waals surface area contributed by atoms with E-state index in [2.05, 4.69) is 4.98 Å². The second kappa shape index (κ2) is 5.30. The van der Waals surface area contributed by atoms with Gasteiger partial charge in [-0.05, 0) is 12.1 Å². The second-order valence-corrected chi connectivity index (χ2v) is 5.49. The van der Waals surface area contributed by atoms with Crippen LogP contribution >= 0.6 is 22.9 Å². The minimum atomic E-state index is -0.828. The molecule has 1 aromatic carbocycles. The number of hydrogen-bond acceptors (Lipinski definition) is 5. The molecule has 1 aromatic heterocycles. The first-order valence-corrected chi connectivity index (χ1v) is 7.15.